The van der Waals surface area contributed by atoms with E-state index in [4.69, 9.17) is 16.3 Å². The number of benzene rings is 1. The summed E-state index contributed by atoms with van der Waals surface area (Å²) in [5, 5.41) is 3.21. The van der Waals surface area contributed by atoms with E-state index >= 15 is 0 Å². The predicted molar refractivity (Wildman–Crippen MR) is 128 cm³/mol. The predicted octanol–water partition coefficient (Wildman–Crippen LogP) is 5.44. The van der Waals surface area contributed by atoms with Crippen molar-refractivity contribution in [1.29, 1.82) is 0 Å². The van der Waals surface area contributed by atoms with E-state index in [1.54, 1.807) is 42.5 Å². The molecule has 2 aromatic heterocycles. The van der Waals surface area contributed by atoms with Crippen molar-refractivity contribution < 1.29 is 27.5 Å². The second-order valence-electron chi connectivity index (χ2n) is 9.67. The number of amides is 2. The summed E-state index contributed by atoms with van der Waals surface area (Å²) in [5.41, 5.74) is -0.192. The fraction of sp³-hybridized carbons (Fsp3) is 0.400. The average Bonchev–Trinajstić information content (AvgIpc) is 3.42. The van der Waals surface area contributed by atoms with Crippen LogP contribution in [0.1, 0.15) is 49.5 Å². The maximum atomic E-state index is 14.0. The Morgan fingerprint density at radius 3 is 2.67 bits per heavy atom. The Kier molecular flexibility index (Phi) is 7.17. The Morgan fingerprint density at radius 1 is 1.19 bits per heavy atom. The Labute approximate surface area is 211 Å². The number of hydrogen-bond acceptors (Lipinski definition) is 4. The van der Waals surface area contributed by atoms with Crippen molar-refractivity contribution in [2.24, 2.45) is 0 Å². The number of likely N-dealkylation sites (tertiary alicyclic amines) is 1. The normalized spacial score (nSPS) is 16.0. The van der Waals surface area contributed by atoms with Gasteiger partial charge in [-0.2, -0.15) is 0 Å². The first-order chi connectivity index (χ1) is 17.0. The van der Waals surface area contributed by atoms with Crippen LogP contribution in [0.5, 0.6) is 0 Å². The van der Waals surface area contributed by atoms with Crippen molar-refractivity contribution in [2.45, 2.75) is 58.3 Å². The Bertz CT molecular complexity index is 1320. The van der Waals surface area contributed by atoms with Gasteiger partial charge in [0.15, 0.2) is 17.5 Å². The molecule has 0 unspecified atom stereocenters. The van der Waals surface area contributed by atoms with E-state index in [1.165, 1.54) is 6.20 Å². The monoisotopic (exact) mass is 522 g/mol. The Balaban J connectivity index is 1.58. The topological polar surface area (TPSA) is 76.5 Å². The van der Waals surface area contributed by atoms with Gasteiger partial charge in [-0.15, -0.1) is 0 Å². The highest BCUT2D eigenvalue weighted by Crippen LogP contribution is 2.30. The van der Waals surface area contributed by atoms with Crippen LogP contribution in [0.15, 0.2) is 30.6 Å². The van der Waals surface area contributed by atoms with Gasteiger partial charge >= 0.3 is 6.09 Å². The van der Waals surface area contributed by atoms with E-state index in [0.29, 0.717) is 29.1 Å². The summed E-state index contributed by atoms with van der Waals surface area (Å²) in [6.07, 6.45) is 4.24. The molecular weight excluding hydrogens is 497 g/mol. The number of hydrogen-bond donors (Lipinski definition) is 1. The summed E-state index contributed by atoms with van der Waals surface area (Å²) < 4.78 is 48.1. The van der Waals surface area contributed by atoms with Crippen molar-refractivity contribution in [2.75, 3.05) is 6.54 Å². The first-order valence-corrected chi connectivity index (χ1v) is 11.9. The summed E-state index contributed by atoms with van der Waals surface area (Å²) in [6.45, 7) is 5.96. The molecule has 2 amide bonds. The summed E-state index contributed by atoms with van der Waals surface area (Å²) in [7, 11) is 0. The van der Waals surface area contributed by atoms with Crippen molar-refractivity contribution in [1.82, 2.24) is 19.8 Å². The minimum atomic E-state index is -1.60. The lowest BCUT2D eigenvalue weighted by Crippen LogP contribution is -2.41. The second kappa shape index (κ2) is 10.0. The molecule has 1 aliphatic rings. The van der Waals surface area contributed by atoms with Gasteiger partial charge in [0.2, 0.25) is 0 Å². The van der Waals surface area contributed by atoms with Gasteiger partial charge in [-0.1, -0.05) is 17.7 Å². The smallest absolute Gasteiger partial charge is 0.410 e. The van der Waals surface area contributed by atoms with Crippen LogP contribution in [0.2, 0.25) is 5.02 Å². The molecular formula is C25H26ClF3N4O3. The molecule has 11 heteroatoms. The minimum Gasteiger partial charge on any atom is -0.444 e. The molecule has 1 saturated heterocycles. The zero-order chi connectivity index (χ0) is 26.2. The fourth-order valence-electron chi connectivity index (χ4n) is 4.27. The van der Waals surface area contributed by atoms with Crippen molar-refractivity contribution in [3.05, 3.63) is 64.2 Å². The number of fused-ring (bicyclic) bond motifs is 1. The number of aromatic nitrogens is 2. The summed E-state index contributed by atoms with van der Waals surface area (Å²) in [6, 6.07) is 3.23. The number of ether oxygens (including phenoxy) is 1. The van der Waals surface area contributed by atoms with Crippen LogP contribution in [-0.2, 0) is 17.8 Å². The SMILES string of the molecule is CC(C)(C)OC(=O)N1CCC[C@H]1Cn1cc(C(=O)NCc2ccc(F)c(F)c2F)c2c(Cl)ccnc21. The van der Waals surface area contributed by atoms with E-state index in [9.17, 15) is 22.8 Å². The van der Waals surface area contributed by atoms with Crippen molar-refractivity contribution in [3.63, 3.8) is 0 Å². The lowest BCUT2D eigenvalue weighted by Gasteiger charge is -2.28. The number of nitrogens with one attached hydrogen (secondary N) is 1. The van der Waals surface area contributed by atoms with Crippen molar-refractivity contribution >= 4 is 34.6 Å². The van der Waals surface area contributed by atoms with Crippen LogP contribution in [0.25, 0.3) is 11.0 Å². The molecule has 192 valence electrons. The first-order valence-electron chi connectivity index (χ1n) is 11.5. The third-order valence-corrected chi connectivity index (χ3v) is 6.23. The highest BCUT2D eigenvalue weighted by molar-refractivity contribution is 6.36. The van der Waals surface area contributed by atoms with E-state index in [1.807, 2.05) is 0 Å². The molecule has 0 radical (unpaired) electrons. The molecule has 0 saturated carbocycles. The highest BCUT2D eigenvalue weighted by atomic mass is 35.5. The quantitative estimate of drug-likeness (QED) is 0.453. The molecule has 0 spiro atoms. The molecule has 3 aromatic rings. The van der Waals surface area contributed by atoms with E-state index in [-0.39, 0.29) is 23.7 Å². The molecule has 36 heavy (non-hydrogen) atoms. The van der Waals surface area contributed by atoms with Gasteiger partial charge < -0.3 is 19.5 Å². The standard InChI is InChI=1S/C25H26ClF3N4O3/c1-25(2,3)36-24(35)33-10-4-5-15(33)12-32-13-16(19-17(26)8-9-30-22(19)32)23(34)31-11-14-6-7-18(27)21(29)20(14)28/h6-9,13,15H,4-5,10-12H2,1-3H3,(H,31,34)/t15-/m0/s1. The molecule has 4 rings (SSSR count). The van der Waals surface area contributed by atoms with Gasteiger partial charge in [-0.3, -0.25) is 4.79 Å². The molecule has 1 aromatic carbocycles. The summed E-state index contributed by atoms with van der Waals surface area (Å²) in [4.78, 5) is 31.8. The zero-order valence-corrected chi connectivity index (χ0v) is 20.8. The van der Waals surface area contributed by atoms with Crippen LogP contribution in [0, 0.1) is 17.5 Å². The van der Waals surface area contributed by atoms with Gasteiger partial charge in [0.25, 0.3) is 5.91 Å². The molecule has 1 fully saturated rings. The average molecular weight is 523 g/mol. The van der Waals surface area contributed by atoms with Crippen LogP contribution < -0.4 is 5.32 Å². The number of carbonyl (C=O) groups is 2. The Morgan fingerprint density at radius 2 is 1.94 bits per heavy atom. The number of nitrogens with zero attached hydrogens (tertiary/aromatic N) is 3. The van der Waals surface area contributed by atoms with E-state index in [0.717, 1.165) is 25.0 Å². The maximum absolute atomic E-state index is 14.0. The molecule has 0 bridgehead atoms. The fourth-order valence-corrected chi connectivity index (χ4v) is 4.52. The van der Waals surface area contributed by atoms with Gasteiger partial charge in [-0.05, 0) is 45.7 Å². The van der Waals surface area contributed by atoms with Crippen molar-refractivity contribution in [3.8, 4) is 0 Å². The van der Waals surface area contributed by atoms with Gasteiger partial charge in [-0.25, -0.2) is 22.9 Å². The number of rotatable bonds is 5. The lowest BCUT2D eigenvalue weighted by molar-refractivity contribution is 0.0214. The van der Waals surface area contributed by atoms with Crippen LogP contribution in [0.3, 0.4) is 0 Å². The number of halogens is 4. The molecule has 7 nitrogen and oxygen atoms in total. The summed E-state index contributed by atoms with van der Waals surface area (Å²) in [5.74, 6) is -4.86. The van der Waals surface area contributed by atoms with Crippen LogP contribution in [0.4, 0.5) is 18.0 Å². The Hall–Kier alpha value is -3.27. The van der Waals surface area contributed by atoms with Gasteiger partial charge in [0.1, 0.15) is 11.2 Å². The molecule has 0 aliphatic carbocycles. The third-order valence-electron chi connectivity index (χ3n) is 5.92. The van der Waals surface area contributed by atoms with Crippen LogP contribution in [-0.4, -0.2) is 44.6 Å². The molecule has 1 atom stereocenters. The van der Waals surface area contributed by atoms with E-state index < -0.39 is 35.1 Å². The summed E-state index contributed by atoms with van der Waals surface area (Å²) >= 11 is 6.40. The molecule has 1 N–H and O–H groups in total. The second-order valence-corrected chi connectivity index (χ2v) is 10.1. The third kappa shape index (κ3) is 5.28. The number of carbonyl (C=O) groups excluding carboxylic acids is 2. The van der Waals surface area contributed by atoms with Crippen LogP contribution >= 0.6 is 11.6 Å². The number of pyridine rings is 1. The highest BCUT2D eigenvalue weighted by Gasteiger charge is 2.33. The minimum absolute atomic E-state index is 0.177. The maximum Gasteiger partial charge on any atom is 0.410 e. The first kappa shape index (κ1) is 25.8. The van der Waals surface area contributed by atoms with Gasteiger partial charge in [0, 0.05) is 37.6 Å². The van der Waals surface area contributed by atoms with Gasteiger partial charge in [0.05, 0.1) is 22.0 Å². The largest absolute Gasteiger partial charge is 0.444 e. The molecule has 1 aliphatic heterocycles. The lowest BCUT2D eigenvalue weighted by atomic mass is 10.1. The zero-order valence-electron chi connectivity index (χ0n) is 20.1. The van der Waals surface area contributed by atoms with E-state index in [2.05, 4.69) is 10.3 Å². The molecule has 3 heterocycles.